The fraction of sp³-hybridized carbons (Fsp3) is 0.167. The molecule has 3 aromatic rings. The predicted octanol–water partition coefficient (Wildman–Crippen LogP) is 3.92. The molecule has 0 fully saturated rings. The van der Waals surface area contributed by atoms with Crippen molar-refractivity contribution in [3.63, 3.8) is 0 Å². The SMILES string of the molecule is N[C@@H](Cc1ccccc1)C(=O)N(Cc1ccccc1)C(=O)OCc1ccccc1. The normalized spacial score (nSPS) is 11.5. The van der Waals surface area contributed by atoms with E-state index < -0.39 is 18.0 Å². The molecule has 0 aliphatic rings. The summed E-state index contributed by atoms with van der Waals surface area (Å²) in [4.78, 5) is 26.8. The first-order valence-corrected chi connectivity index (χ1v) is 9.49. The monoisotopic (exact) mass is 388 g/mol. The number of ether oxygens (including phenoxy) is 1. The van der Waals surface area contributed by atoms with Gasteiger partial charge in [0.2, 0.25) is 5.91 Å². The average molecular weight is 388 g/mol. The van der Waals surface area contributed by atoms with Crippen molar-refractivity contribution < 1.29 is 14.3 Å². The van der Waals surface area contributed by atoms with Crippen LogP contribution in [0.1, 0.15) is 16.7 Å². The van der Waals surface area contributed by atoms with Gasteiger partial charge in [0, 0.05) is 0 Å². The number of benzene rings is 3. The molecule has 5 nitrogen and oxygen atoms in total. The van der Waals surface area contributed by atoms with Gasteiger partial charge in [-0.15, -0.1) is 0 Å². The van der Waals surface area contributed by atoms with E-state index in [1.165, 1.54) is 0 Å². The fourth-order valence-electron chi connectivity index (χ4n) is 2.95. The van der Waals surface area contributed by atoms with Crippen molar-refractivity contribution in [2.24, 2.45) is 5.73 Å². The van der Waals surface area contributed by atoms with Crippen LogP contribution in [0.25, 0.3) is 0 Å². The first kappa shape index (κ1) is 20.3. The molecule has 0 spiro atoms. The zero-order chi connectivity index (χ0) is 20.5. The summed E-state index contributed by atoms with van der Waals surface area (Å²) in [6.45, 7) is 0.196. The number of hydrogen-bond donors (Lipinski definition) is 1. The van der Waals surface area contributed by atoms with Gasteiger partial charge in [0.05, 0.1) is 12.6 Å². The van der Waals surface area contributed by atoms with E-state index in [1.54, 1.807) is 0 Å². The Balaban J connectivity index is 1.72. The van der Waals surface area contributed by atoms with E-state index in [-0.39, 0.29) is 13.2 Å². The number of rotatable bonds is 7. The van der Waals surface area contributed by atoms with Crippen LogP contribution in [0.3, 0.4) is 0 Å². The lowest BCUT2D eigenvalue weighted by Crippen LogP contribution is -2.47. The van der Waals surface area contributed by atoms with Crippen LogP contribution in [0.15, 0.2) is 91.0 Å². The molecule has 0 aliphatic carbocycles. The molecule has 0 aliphatic heterocycles. The van der Waals surface area contributed by atoms with Crippen molar-refractivity contribution in [1.29, 1.82) is 0 Å². The Hall–Kier alpha value is -3.44. The van der Waals surface area contributed by atoms with Crippen LogP contribution in [0.5, 0.6) is 0 Å². The van der Waals surface area contributed by atoms with Gasteiger partial charge in [-0.25, -0.2) is 9.69 Å². The number of imide groups is 1. The highest BCUT2D eigenvalue weighted by atomic mass is 16.6. The molecule has 0 saturated carbocycles. The summed E-state index contributed by atoms with van der Waals surface area (Å²) >= 11 is 0. The molecule has 0 bridgehead atoms. The highest BCUT2D eigenvalue weighted by Crippen LogP contribution is 2.12. The molecular weight excluding hydrogens is 364 g/mol. The second-order valence-corrected chi connectivity index (χ2v) is 6.75. The minimum absolute atomic E-state index is 0.0895. The Morgan fingerprint density at radius 2 is 1.24 bits per heavy atom. The second-order valence-electron chi connectivity index (χ2n) is 6.75. The van der Waals surface area contributed by atoms with Crippen molar-refractivity contribution in [3.05, 3.63) is 108 Å². The lowest BCUT2D eigenvalue weighted by atomic mass is 10.1. The number of nitrogens with two attached hydrogens (primary N) is 1. The summed E-state index contributed by atoms with van der Waals surface area (Å²) in [6, 6.07) is 27.3. The van der Waals surface area contributed by atoms with Gasteiger partial charge in [0.25, 0.3) is 0 Å². The fourth-order valence-corrected chi connectivity index (χ4v) is 2.95. The summed E-state index contributed by atoms with van der Waals surface area (Å²) in [6.07, 6.45) is -0.358. The van der Waals surface area contributed by atoms with Crippen molar-refractivity contribution in [1.82, 2.24) is 4.90 Å². The number of amides is 2. The van der Waals surface area contributed by atoms with Crippen molar-refractivity contribution >= 4 is 12.0 Å². The molecule has 5 heteroatoms. The number of hydrogen-bond acceptors (Lipinski definition) is 4. The molecule has 0 radical (unpaired) electrons. The van der Waals surface area contributed by atoms with E-state index in [4.69, 9.17) is 10.5 Å². The maximum Gasteiger partial charge on any atom is 0.417 e. The lowest BCUT2D eigenvalue weighted by molar-refractivity contribution is -0.131. The third kappa shape index (κ3) is 6.02. The van der Waals surface area contributed by atoms with Crippen LogP contribution in [0, 0.1) is 0 Å². The molecule has 3 aromatic carbocycles. The minimum Gasteiger partial charge on any atom is -0.444 e. The van der Waals surface area contributed by atoms with Crippen LogP contribution >= 0.6 is 0 Å². The summed E-state index contributed by atoms with van der Waals surface area (Å²) in [5, 5.41) is 0. The number of carbonyl (C=O) groups is 2. The minimum atomic E-state index is -0.842. The lowest BCUT2D eigenvalue weighted by Gasteiger charge is -2.24. The molecule has 29 heavy (non-hydrogen) atoms. The van der Waals surface area contributed by atoms with Gasteiger partial charge in [-0.05, 0) is 23.1 Å². The molecule has 0 unspecified atom stereocenters. The summed E-state index contributed by atoms with van der Waals surface area (Å²) in [7, 11) is 0. The molecule has 0 aromatic heterocycles. The number of carbonyl (C=O) groups excluding carboxylic acids is 2. The average Bonchev–Trinajstić information content (AvgIpc) is 2.77. The van der Waals surface area contributed by atoms with Crippen molar-refractivity contribution in [2.45, 2.75) is 25.6 Å². The highest BCUT2D eigenvalue weighted by molar-refractivity contribution is 5.95. The van der Waals surface area contributed by atoms with Crippen LogP contribution in [0.2, 0.25) is 0 Å². The molecule has 0 saturated heterocycles. The second kappa shape index (κ2) is 10.2. The van der Waals surface area contributed by atoms with E-state index in [1.807, 2.05) is 91.0 Å². The Morgan fingerprint density at radius 3 is 1.79 bits per heavy atom. The van der Waals surface area contributed by atoms with Gasteiger partial charge in [0.15, 0.2) is 0 Å². The largest absolute Gasteiger partial charge is 0.444 e. The maximum absolute atomic E-state index is 13.0. The first-order valence-electron chi connectivity index (χ1n) is 9.49. The van der Waals surface area contributed by atoms with Crippen molar-refractivity contribution in [3.8, 4) is 0 Å². The van der Waals surface area contributed by atoms with Crippen LogP contribution < -0.4 is 5.73 Å². The molecule has 2 amide bonds. The van der Waals surface area contributed by atoms with Gasteiger partial charge < -0.3 is 10.5 Å². The zero-order valence-corrected chi connectivity index (χ0v) is 16.1. The van der Waals surface area contributed by atoms with E-state index in [9.17, 15) is 9.59 Å². The Morgan fingerprint density at radius 1 is 0.759 bits per heavy atom. The molecule has 148 valence electrons. The highest BCUT2D eigenvalue weighted by Gasteiger charge is 2.28. The Kier molecular flexibility index (Phi) is 7.14. The van der Waals surface area contributed by atoms with Crippen molar-refractivity contribution in [2.75, 3.05) is 0 Å². The van der Waals surface area contributed by atoms with Crippen LogP contribution in [-0.2, 0) is 29.1 Å². The molecule has 0 heterocycles. The van der Waals surface area contributed by atoms with Gasteiger partial charge in [-0.1, -0.05) is 91.0 Å². The van der Waals surface area contributed by atoms with Gasteiger partial charge >= 0.3 is 6.09 Å². The summed E-state index contributed by atoms with van der Waals surface area (Å²) in [5.74, 6) is -0.462. The zero-order valence-electron chi connectivity index (χ0n) is 16.1. The van der Waals surface area contributed by atoms with E-state index >= 15 is 0 Å². The standard InChI is InChI=1S/C24H24N2O3/c25-22(16-19-10-4-1-5-11-19)23(27)26(17-20-12-6-2-7-13-20)24(28)29-18-21-14-8-3-9-15-21/h1-15,22H,16-18,25H2/t22-/m0/s1. The molecule has 1 atom stereocenters. The van der Waals surface area contributed by atoms with E-state index in [0.29, 0.717) is 6.42 Å². The molecular formula is C24H24N2O3. The summed E-state index contributed by atoms with van der Waals surface area (Å²) in [5.41, 5.74) is 8.76. The topological polar surface area (TPSA) is 72.6 Å². The third-order valence-electron chi connectivity index (χ3n) is 4.49. The predicted molar refractivity (Wildman–Crippen MR) is 112 cm³/mol. The Labute approximate surface area is 170 Å². The quantitative estimate of drug-likeness (QED) is 0.666. The van der Waals surface area contributed by atoms with E-state index in [0.717, 1.165) is 21.6 Å². The molecule has 2 N–H and O–H groups in total. The smallest absolute Gasteiger partial charge is 0.417 e. The van der Waals surface area contributed by atoms with Gasteiger partial charge in [-0.3, -0.25) is 4.79 Å². The van der Waals surface area contributed by atoms with Gasteiger partial charge in [0.1, 0.15) is 6.61 Å². The first-order chi connectivity index (χ1) is 14.1. The van der Waals surface area contributed by atoms with E-state index in [2.05, 4.69) is 0 Å². The third-order valence-corrected chi connectivity index (χ3v) is 4.49. The number of nitrogens with zero attached hydrogens (tertiary/aromatic N) is 1. The maximum atomic E-state index is 13.0. The van der Waals surface area contributed by atoms with Gasteiger partial charge in [-0.2, -0.15) is 0 Å². The van der Waals surface area contributed by atoms with Crippen LogP contribution in [0.4, 0.5) is 4.79 Å². The summed E-state index contributed by atoms with van der Waals surface area (Å²) < 4.78 is 5.39. The molecule has 3 rings (SSSR count). The Bertz CT molecular complexity index is 915. The van der Waals surface area contributed by atoms with Crippen LogP contribution in [-0.4, -0.2) is 22.9 Å².